The van der Waals surface area contributed by atoms with Crippen molar-refractivity contribution in [3.8, 4) is 6.01 Å². The molecule has 1 fully saturated rings. The van der Waals surface area contributed by atoms with Crippen LogP contribution in [0.5, 0.6) is 6.01 Å². The summed E-state index contributed by atoms with van der Waals surface area (Å²) in [6.45, 7) is 1.04. The molecule has 0 spiro atoms. The molecule has 7 heteroatoms. The van der Waals surface area contributed by atoms with Crippen molar-refractivity contribution in [2.45, 2.75) is 32.0 Å². The van der Waals surface area contributed by atoms with Crippen LogP contribution in [0.3, 0.4) is 0 Å². The molecule has 1 N–H and O–H groups in total. The number of aryl methyl sites for hydroxylation is 1. The highest BCUT2D eigenvalue weighted by molar-refractivity contribution is 5.05. The third-order valence-corrected chi connectivity index (χ3v) is 2.68. The van der Waals surface area contributed by atoms with Crippen molar-refractivity contribution in [3.05, 3.63) is 23.8 Å². The summed E-state index contributed by atoms with van der Waals surface area (Å²) >= 11 is 0. The Balaban J connectivity index is 1.49. The second-order valence-electron chi connectivity index (χ2n) is 4.43. The van der Waals surface area contributed by atoms with Crippen LogP contribution in [-0.2, 0) is 20.2 Å². The van der Waals surface area contributed by atoms with E-state index < -0.39 is 0 Å². The number of nitrogens with zero attached hydrogens (tertiary/aromatic N) is 4. The van der Waals surface area contributed by atoms with Crippen LogP contribution in [0.25, 0.3) is 0 Å². The van der Waals surface area contributed by atoms with E-state index in [1.165, 1.54) is 12.8 Å². The van der Waals surface area contributed by atoms with Gasteiger partial charge in [-0.2, -0.15) is 4.98 Å². The van der Waals surface area contributed by atoms with Gasteiger partial charge in [-0.1, -0.05) is 5.16 Å². The Bertz CT molecular complexity index is 517. The van der Waals surface area contributed by atoms with Crippen molar-refractivity contribution in [2.75, 3.05) is 0 Å². The molecule has 0 aliphatic heterocycles. The largest absolute Gasteiger partial charge is 0.454 e. The van der Waals surface area contributed by atoms with Gasteiger partial charge in [-0.3, -0.25) is 4.68 Å². The van der Waals surface area contributed by atoms with Gasteiger partial charge in [0, 0.05) is 25.7 Å². The lowest BCUT2D eigenvalue weighted by Gasteiger charge is -1.96. The van der Waals surface area contributed by atoms with Gasteiger partial charge in [0.2, 0.25) is 0 Å². The highest BCUT2D eigenvalue weighted by Crippen LogP contribution is 2.19. The zero-order valence-electron chi connectivity index (χ0n) is 10.2. The Morgan fingerprint density at radius 2 is 2.44 bits per heavy atom. The van der Waals surface area contributed by atoms with E-state index in [2.05, 4.69) is 20.6 Å². The van der Waals surface area contributed by atoms with Crippen LogP contribution in [0.1, 0.15) is 24.3 Å². The van der Waals surface area contributed by atoms with Gasteiger partial charge in [0.25, 0.3) is 0 Å². The summed E-state index contributed by atoms with van der Waals surface area (Å²) in [6.07, 6.45) is 4.11. The highest BCUT2D eigenvalue weighted by atomic mass is 16.5. The average Bonchev–Trinajstić information content (AvgIpc) is 2.93. The molecular weight excluding hydrogens is 234 g/mol. The SMILES string of the molecule is Cn1cnc(OCc2cc(CNC3CC3)no2)n1. The highest BCUT2D eigenvalue weighted by Gasteiger charge is 2.20. The molecule has 0 amide bonds. The van der Waals surface area contributed by atoms with Gasteiger partial charge in [0.1, 0.15) is 6.33 Å². The van der Waals surface area contributed by atoms with Gasteiger partial charge in [0.05, 0.1) is 5.69 Å². The smallest absolute Gasteiger partial charge is 0.335 e. The van der Waals surface area contributed by atoms with Crippen molar-refractivity contribution in [1.82, 2.24) is 25.2 Å². The molecular formula is C11H15N5O2. The van der Waals surface area contributed by atoms with Gasteiger partial charge in [0.15, 0.2) is 12.4 Å². The molecule has 2 aromatic rings. The molecule has 1 saturated carbocycles. The quantitative estimate of drug-likeness (QED) is 0.809. The van der Waals surface area contributed by atoms with E-state index in [4.69, 9.17) is 9.26 Å². The second-order valence-corrected chi connectivity index (χ2v) is 4.43. The van der Waals surface area contributed by atoms with Crippen LogP contribution in [0.15, 0.2) is 16.9 Å². The maximum atomic E-state index is 5.37. The Morgan fingerprint density at radius 1 is 1.56 bits per heavy atom. The Morgan fingerprint density at radius 3 is 3.17 bits per heavy atom. The molecule has 96 valence electrons. The number of nitrogens with one attached hydrogen (secondary N) is 1. The molecule has 7 nitrogen and oxygen atoms in total. The number of hydrogen-bond donors (Lipinski definition) is 1. The lowest BCUT2D eigenvalue weighted by molar-refractivity contribution is 0.232. The predicted molar refractivity (Wildman–Crippen MR) is 61.7 cm³/mol. The molecule has 0 bridgehead atoms. The summed E-state index contributed by atoms with van der Waals surface area (Å²) in [5.74, 6) is 0.676. The normalized spacial score (nSPS) is 14.9. The second kappa shape index (κ2) is 4.77. The maximum absolute atomic E-state index is 5.37. The van der Waals surface area contributed by atoms with E-state index in [9.17, 15) is 0 Å². The summed E-state index contributed by atoms with van der Waals surface area (Å²) < 4.78 is 12.1. The maximum Gasteiger partial charge on any atom is 0.335 e. The van der Waals surface area contributed by atoms with Crippen LogP contribution in [0.2, 0.25) is 0 Å². The molecule has 1 aliphatic carbocycles. The first-order valence-corrected chi connectivity index (χ1v) is 5.96. The van der Waals surface area contributed by atoms with Gasteiger partial charge in [-0.15, -0.1) is 5.10 Å². The first-order chi connectivity index (χ1) is 8.79. The number of rotatable bonds is 6. The Hall–Kier alpha value is -1.89. The topological polar surface area (TPSA) is 78.0 Å². The summed E-state index contributed by atoms with van der Waals surface area (Å²) in [5, 5.41) is 11.4. The number of ether oxygens (including phenoxy) is 1. The summed E-state index contributed by atoms with van der Waals surface area (Å²) in [6, 6.07) is 2.89. The van der Waals surface area contributed by atoms with Crippen LogP contribution < -0.4 is 10.1 Å². The van der Waals surface area contributed by atoms with E-state index in [0.29, 0.717) is 24.4 Å². The van der Waals surface area contributed by atoms with Crippen LogP contribution in [0, 0.1) is 0 Å². The lowest BCUT2D eigenvalue weighted by atomic mass is 10.3. The van der Waals surface area contributed by atoms with Crippen molar-refractivity contribution in [1.29, 1.82) is 0 Å². The van der Waals surface area contributed by atoms with Gasteiger partial charge >= 0.3 is 6.01 Å². The number of hydrogen-bond acceptors (Lipinski definition) is 6. The van der Waals surface area contributed by atoms with E-state index in [1.807, 2.05) is 6.07 Å². The first kappa shape index (κ1) is 11.2. The predicted octanol–water partition coefficient (Wildman–Crippen LogP) is 0.634. The van der Waals surface area contributed by atoms with Crippen molar-refractivity contribution < 1.29 is 9.26 Å². The Kier molecular flexibility index (Phi) is 2.97. The Labute approximate surface area is 104 Å². The van der Waals surface area contributed by atoms with Crippen LogP contribution >= 0.6 is 0 Å². The minimum atomic E-state index is 0.292. The average molecular weight is 249 g/mol. The van der Waals surface area contributed by atoms with E-state index in [1.54, 1.807) is 18.1 Å². The van der Waals surface area contributed by atoms with Gasteiger partial charge < -0.3 is 14.6 Å². The fourth-order valence-electron chi connectivity index (χ4n) is 1.56. The van der Waals surface area contributed by atoms with Crippen molar-refractivity contribution in [2.24, 2.45) is 7.05 Å². The molecule has 0 aromatic carbocycles. The summed E-state index contributed by atoms with van der Waals surface area (Å²) in [7, 11) is 1.79. The molecule has 3 rings (SSSR count). The van der Waals surface area contributed by atoms with Crippen LogP contribution in [0.4, 0.5) is 0 Å². The third kappa shape index (κ3) is 2.86. The molecule has 1 aliphatic rings. The van der Waals surface area contributed by atoms with Crippen molar-refractivity contribution in [3.63, 3.8) is 0 Å². The van der Waals surface area contributed by atoms with E-state index in [-0.39, 0.29) is 0 Å². The van der Waals surface area contributed by atoms with Crippen molar-refractivity contribution >= 4 is 0 Å². The first-order valence-electron chi connectivity index (χ1n) is 5.96. The standard InChI is InChI=1S/C11H15N5O2/c1-16-7-13-11(14-16)17-6-10-4-9(15-18-10)5-12-8-2-3-8/h4,7-8,12H,2-3,5-6H2,1H3. The molecule has 2 heterocycles. The molecule has 2 aromatic heterocycles. The summed E-state index contributed by atoms with van der Waals surface area (Å²) in [5.41, 5.74) is 0.898. The summed E-state index contributed by atoms with van der Waals surface area (Å²) in [4.78, 5) is 3.96. The zero-order chi connectivity index (χ0) is 12.4. The third-order valence-electron chi connectivity index (χ3n) is 2.68. The molecule has 18 heavy (non-hydrogen) atoms. The lowest BCUT2D eigenvalue weighted by Crippen LogP contribution is -2.15. The monoisotopic (exact) mass is 249 g/mol. The van der Waals surface area contributed by atoms with Gasteiger partial charge in [-0.25, -0.2) is 0 Å². The van der Waals surface area contributed by atoms with E-state index in [0.717, 1.165) is 12.2 Å². The number of aromatic nitrogens is 4. The molecule has 0 unspecified atom stereocenters. The van der Waals surface area contributed by atoms with E-state index >= 15 is 0 Å². The molecule has 0 atom stereocenters. The zero-order valence-corrected chi connectivity index (χ0v) is 10.2. The van der Waals surface area contributed by atoms with Gasteiger partial charge in [-0.05, 0) is 12.8 Å². The van der Waals surface area contributed by atoms with Crippen LogP contribution in [-0.4, -0.2) is 26.0 Å². The minimum Gasteiger partial charge on any atom is -0.454 e. The minimum absolute atomic E-state index is 0.292. The fraction of sp³-hybridized carbons (Fsp3) is 0.545. The molecule has 0 saturated heterocycles. The molecule has 0 radical (unpaired) electrons. The fourth-order valence-corrected chi connectivity index (χ4v) is 1.56.